The van der Waals surface area contributed by atoms with Crippen molar-refractivity contribution in [3.05, 3.63) is 0 Å². The molecular weight excluding hydrogens is 124 g/mol. The highest BCUT2D eigenvalue weighted by Crippen LogP contribution is 2.29. The minimum Gasteiger partial charge on any atom is -0.281 e. The van der Waals surface area contributed by atoms with Crippen molar-refractivity contribution < 1.29 is 0 Å². The van der Waals surface area contributed by atoms with Gasteiger partial charge >= 0.3 is 0 Å². The van der Waals surface area contributed by atoms with Crippen molar-refractivity contribution in [1.29, 1.82) is 0 Å². The zero-order valence-corrected chi connectivity index (χ0v) is 6.51. The molecule has 1 aliphatic heterocycles. The predicted octanol–water partition coefficient (Wildman–Crippen LogP) is 1.47. The van der Waals surface area contributed by atoms with E-state index in [2.05, 4.69) is 13.6 Å². The molecule has 1 saturated heterocycles. The first-order chi connectivity index (χ1) is 3.43. The van der Waals surface area contributed by atoms with Gasteiger partial charge < -0.3 is 0 Å². The molecule has 0 aromatic carbocycles. The predicted molar refractivity (Wildman–Crippen MR) is 38.8 cm³/mol. The first-order valence-corrected chi connectivity index (χ1v) is 5.40. The first-order valence-electron chi connectivity index (χ1n) is 2.64. The molecule has 0 N–H and O–H groups in total. The summed E-state index contributed by atoms with van der Waals surface area (Å²) in [6, 6.07) is 0. The van der Waals surface area contributed by atoms with Crippen LogP contribution in [0.5, 0.6) is 0 Å². The third-order valence-electron chi connectivity index (χ3n) is 1.29. The SMILES string of the molecule is PPN1CCCC1. The van der Waals surface area contributed by atoms with Gasteiger partial charge in [0.15, 0.2) is 0 Å². The summed E-state index contributed by atoms with van der Waals surface area (Å²) in [5, 5.41) is 0. The van der Waals surface area contributed by atoms with Gasteiger partial charge in [0.25, 0.3) is 0 Å². The third-order valence-corrected chi connectivity index (χ3v) is 3.20. The van der Waals surface area contributed by atoms with E-state index in [0.717, 1.165) is 8.42 Å². The van der Waals surface area contributed by atoms with Crippen LogP contribution in [0.25, 0.3) is 0 Å². The monoisotopic (exact) mass is 135 g/mol. The van der Waals surface area contributed by atoms with E-state index >= 15 is 0 Å². The van der Waals surface area contributed by atoms with Crippen LogP contribution in [-0.4, -0.2) is 17.8 Å². The lowest BCUT2D eigenvalue weighted by Crippen LogP contribution is -2.03. The maximum Gasteiger partial charge on any atom is 0.00220 e. The summed E-state index contributed by atoms with van der Waals surface area (Å²) in [6.07, 6.45) is 2.84. The smallest absolute Gasteiger partial charge is 0.00220 e. The van der Waals surface area contributed by atoms with Gasteiger partial charge in [0, 0.05) is 13.1 Å². The van der Waals surface area contributed by atoms with Crippen LogP contribution >= 0.6 is 17.3 Å². The van der Waals surface area contributed by atoms with Crippen LogP contribution in [-0.2, 0) is 0 Å². The van der Waals surface area contributed by atoms with Gasteiger partial charge in [-0.1, -0.05) is 8.93 Å². The van der Waals surface area contributed by atoms with Gasteiger partial charge in [-0.3, -0.25) is 4.67 Å². The largest absolute Gasteiger partial charge is 0.281 e. The van der Waals surface area contributed by atoms with E-state index in [4.69, 9.17) is 0 Å². The van der Waals surface area contributed by atoms with Gasteiger partial charge in [-0.05, 0) is 21.3 Å². The fourth-order valence-corrected chi connectivity index (χ4v) is 2.20. The first kappa shape index (κ1) is 5.95. The molecule has 0 aromatic heterocycles. The Bertz CT molecular complexity index is 51.7. The van der Waals surface area contributed by atoms with E-state index in [1.54, 1.807) is 0 Å². The van der Waals surface area contributed by atoms with Crippen LogP contribution in [0, 0.1) is 0 Å². The lowest BCUT2D eigenvalue weighted by Gasteiger charge is -2.07. The molecule has 0 bridgehead atoms. The molecule has 3 heteroatoms. The maximum atomic E-state index is 2.78. The van der Waals surface area contributed by atoms with Crippen LogP contribution in [0.3, 0.4) is 0 Å². The van der Waals surface area contributed by atoms with Gasteiger partial charge in [-0.2, -0.15) is 0 Å². The second-order valence-corrected chi connectivity index (χ2v) is 3.49. The topological polar surface area (TPSA) is 3.24 Å². The molecule has 0 aliphatic carbocycles. The van der Waals surface area contributed by atoms with Crippen molar-refractivity contribution in [1.82, 2.24) is 4.67 Å². The van der Waals surface area contributed by atoms with Crippen molar-refractivity contribution in [2.24, 2.45) is 0 Å². The molecule has 7 heavy (non-hydrogen) atoms. The molecule has 1 heterocycles. The van der Waals surface area contributed by atoms with Crippen LogP contribution in [0.2, 0.25) is 0 Å². The Morgan fingerprint density at radius 2 is 1.86 bits per heavy atom. The highest BCUT2D eigenvalue weighted by molar-refractivity contribution is 8.01. The van der Waals surface area contributed by atoms with Crippen LogP contribution < -0.4 is 0 Å². The fourth-order valence-electron chi connectivity index (χ4n) is 0.846. The molecular formula is C4H11NP2. The van der Waals surface area contributed by atoms with Gasteiger partial charge in [-0.15, -0.1) is 0 Å². The normalized spacial score (nSPS) is 25.3. The molecule has 0 amide bonds. The molecule has 2 unspecified atom stereocenters. The molecule has 1 fully saturated rings. The summed E-state index contributed by atoms with van der Waals surface area (Å²) < 4.78 is 2.48. The lowest BCUT2D eigenvalue weighted by atomic mass is 10.4. The standard InChI is InChI=1S/C4H11NP2/c6-7-5-3-1-2-4-5/h7H,1-4,6H2. The van der Waals surface area contributed by atoms with E-state index in [-0.39, 0.29) is 0 Å². The van der Waals surface area contributed by atoms with Crippen LogP contribution in [0.1, 0.15) is 12.8 Å². The van der Waals surface area contributed by atoms with Crippen molar-refractivity contribution in [2.45, 2.75) is 12.8 Å². The van der Waals surface area contributed by atoms with Crippen molar-refractivity contribution in [3.8, 4) is 0 Å². The minimum absolute atomic E-state index is 0.961. The Hall–Kier alpha value is 0.820. The zero-order valence-electron chi connectivity index (χ0n) is 4.35. The Morgan fingerprint density at radius 1 is 1.29 bits per heavy atom. The summed E-state index contributed by atoms with van der Waals surface area (Å²) in [5.74, 6) is 0. The summed E-state index contributed by atoms with van der Waals surface area (Å²) >= 11 is 0. The molecule has 0 aromatic rings. The van der Waals surface area contributed by atoms with E-state index in [1.807, 2.05) is 0 Å². The van der Waals surface area contributed by atoms with Crippen molar-refractivity contribution in [3.63, 3.8) is 0 Å². The molecule has 0 radical (unpaired) electrons. The van der Waals surface area contributed by atoms with E-state index in [9.17, 15) is 0 Å². The molecule has 0 saturated carbocycles. The van der Waals surface area contributed by atoms with Crippen molar-refractivity contribution >= 4 is 17.3 Å². The Kier molecular flexibility index (Phi) is 2.52. The summed E-state index contributed by atoms with van der Waals surface area (Å²) in [5.41, 5.74) is 0. The molecule has 1 nitrogen and oxygen atoms in total. The third kappa shape index (κ3) is 1.64. The minimum atomic E-state index is 0.961. The van der Waals surface area contributed by atoms with Gasteiger partial charge in [0.1, 0.15) is 0 Å². The average Bonchev–Trinajstić information content (AvgIpc) is 2.14. The molecule has 1 rings (SSSR count). The highest BCUT2D eigenvalue weighted by atomic mass is 32.0. The Labute approximate surface area is 48.8 Å². The van der Waals surface area contributed by atoms with Gasteiger partial charge in [0.2, 0.25) is 0 Å². The quantitative estimate of drug-likeness (QED) is 0.492. The van der Waals surface area contributed by atoms with Crippen LogP contribution in [0.4, 0.5) is 0 Å². The average molecular weight is 135 g/mol. The van der Waals surface area contributed by atoms with Crippen molar-refractivity contribution in [2.75, 3.05) is 13.1 Å². The lowest BCUT2D eigenvalue weighted by molar-refractivity contribution is 0.584. The highest BCUT2D eigenvalue weighted by Gasteiger charge is 2.07. The summed E-state index contributed by atoms with van der Waals surface area (Å²) in [6.45, 7) is 2.67. The molecule has 1 aliphatic rings. The van der Waals surface area contributed by atoms with Crippen LogP contribution in [0.15, 0.2) is 0 Å². The van der Waals surface area contributed by atoms with E-state index in [1.165, 1.54) is 25.9 Å². The summed E-state index contributed by atoms with van der Waals surface area (Å²) in [4.78, 5) is 0. The van der Waals surface area contributed by atoms with Gasteiger partial charge in [0.05, 0.1) is 0 Å². The second kappa shape index (κ2) is 2.97. The number of rotatable bonds is 1. The number of hydrogen-bond acceptors (Lipinski definition) is 1. The number of hydrogen-bond donors (Lipinski definition) is 0. The molecule has 2 atom stereocenters. The van der Waals surface area contributed by atoms with Gasteiger partial charge in [-0.25, -0.2) is 0 Å². The Balaban J connectivity index is 2.14. The second-order valence-electron chi connectivity index (χ2n) is 1.82. The number of nitrogens with zero attached hydrogens (tertiary/aromatic N) is 1. The molecule has 42 valence electrons. The molecule has 0 spiro atoms. The Morgan fingerprint density at radius 3 is 2.14 bits per heavy atom. The fraction of sp³-hybridized carbons (Fsp3) is 1.00. The van der Waals surface area contributed by atoms with E-state index in [0.29, 0.717) is 0 Å². The maximum absolute atomic E-state index is 2.78. The van der Waals surface area contributed by atoms with E-state index < -0.39 is 0 Å². The summed E-state index contributed by atoms with van der Waals surface area (Å²) in [7, 11) is 3.74. The zero-order chi connectivity index (χ0) is 5.11.